The number of carboxylic acid groups (broad SMARTS) is 2. The van der Waals surface area contributed by atoms with Crippen LogP contribution in [0.3, 0.4) is 0 Å². The van der Waals surface area contributed by atoms with Crippen molar-refractivity contribution >= 4 is 20.0 Å². The zero-order chi connectivity index (χ0) is 11.7. The quantitative estimate of drug-likeness (QED) is 0.546. The molecule has 2 N–H and O–H groups in total. The van der Waals surface area contributed by atoms with Crippen LogP contribution in [-0.2, 0) is 18.7 Å². The first kappa shape index (κ1) is 15.2. The molecule has 0 radical (unpaired) electrons. The minimum Gasteiger partial charge on any atom is -0.479 e. The third-order valence-electron chi connectivity index (χ3n) is 0.829. The minimum absolute atomic E-state index is 0.833. The van der Waals surface area contributed by atoms with Gasteiger partial charge >= 0.3 is 20.0 Å². The molecule has 0 aliphatic carbocycles. The highest BCUT2D eigenvalue weighted by atomic mass is 31.1. The highest BCUT2D eigenvalue weighted by Gasteiger charge is 2.20. The Hall–Kier alpha value is -1.26. The normalized spacial score (nSPS) is 11.7. The summed E-state index contributed by atoms with van der Waals surface area (Å²) in [5.41, 5.74) is 0. The maximum Gasteiger partial charge on any atom is 0.505 e. The molecule has 0 rings (SSSR count). The van der Waals surface area contributed by atoms with Crippen LogP contribution in [0.5, 0.6) is 0 Å². The summed E-state index contributed by atoms with van der Waals surface area (Å²) >= 11 is 0. The van der Waals surface area contributed by atoms with Crippen LogP contribution >= 0.6 is 8.03 Å². The standard InChI is InChI=1S/C4H7O4P.C3H4O2/c1-3(4(5)6)8-9(2)7;1-2-3(4)5/h3H,1-2H3;2H,1H2,(H,4,5)/p+1. The smallest absolute Gasteiger partial charge is 0.479 e. The highest BCUT2D eigenvalue weighted by Crippen LogP contribution is 2.17. The lowest BCUT2D eigenvalue weighted by Crippen LogP contribution is -2.16. The number of rotatable bonds is 4. The van der Waals surface area contributed by atoms with E-state index in [-0.39, 0.29) is 0 Å². The summed E-state index contributed by atoms with van der Waals surface area (Å²) in [5.74, 6) is -2.08. The van der Waals surface area contributed by atoms with Crippen molar-refractivity contribution < 1.29 is 28.9 Å². The number of hydrogen-bond donors (Lipinski definition) is 2. The first-order valence-electron chi connectivity index (χ1n) is 3.47. The van der Waals surface area contributed by atoms with Gasteiger partial charge in [-0.3, -0.25) is 0 Å². The van der Waals surface area contributed by atoms with Gasteiger partial charge in [-0.25, -0.2) is 9.59 Å². The molecule has 0 spiro atoms. The summed E-state index contributed by atoms with van der Waals surface area (Å²) in [6, 6.07) is 0. The Labute approximate surface area is 82.1 Å². The lowest BCUT2D eigenvalue weighted by atomic mass is 10.4. The van der Waals surface area contributed by atoms with E-state index in [1.807, 2.05) is 0 Å². The Morgan fingerprint density at radius 2 is 1.86 bits per heavy atom. The van der Waals surface area contributed by atoms with Gasteiger partial charge in [-0.15, -0.1) is 4.52 Å². The van der Waals surface area contributed by atoms with E-state index in [1.54, 1.807) is 0 Å². The van der Waals surface area contributed by atoms with Crippen LogP contribution in [0.25, 0.3) is 0 Å². The average Bonchev–Trinajstić information content (AvgIpc) is 2.04. The minimum atomic E-state index is -1.80. The van der Waals surface area contributed by atoms with Gasteiger partial charge in [0, 0.05) is 6.08 Å². The Morgan fingerprint density at radius 1 is 1.50 bits per heavy atom. The molecular weight excluding hydrogens is 211 g/mol. The van der Waals surface area contributed by atoms with Gasteiger partial charge in [0.05, 0.1) is 0 Å². The van der Waals surface area contributed by atoms with Gasteiger partial charge in [-0.2, -0.15) is 0 Å². The van der Waals surface area contributed by atoms with Crippen LogP contribution in [0, 0.1) is 0 Å². The molecular formula is C7H12O6P+. The molecule has 0 aromatic heterocycles. The van der Waals surface area contributed by atoms with Crippen molar-refractivity contribution in [2.24, 2.45) is 0 Å². The molecule has 0 heterocycles. The van der Waals surface area contributed by atoms with Crippen molar-refractivity contribution in [3.63, 3.8) is 0 Å². The molecule has 14 heavy (non-hydrogen) atoms. The average molecular weight is 223 g/mol. The van der Waals surface area contributed by atoms with Crippen molar-refractivity contribution in [1.82, 2.24) is 0 Å². The summed E-state index contributed by atoms with van der Waals surface area (Å²) < 4.78 is 14.6. The SMILES string of the molecule is C=CC(=O)O.CC(O[P+](C)=O)C(=O)O. The monoisotopic (exact) mass is 223 g/mol. The van der Waals surface area contributed by atoms with E-state index in [2.05, 4.69) is 11.1 Å². The Kier molecular flexibility index (Phi) is 9.07. The van der Waals surface area contributed by atoms with Crippen LogP contribution in [0.4, 0.5) is 0 Å². The first-order chi connectivity index (χ1) is 6.31. The van der Waals surface area contributed by atoms with E-state index in [9.17, 15) is 14.2 Å². The van der Waals surface area contributed by atoms with Crippen LogP contribution in [-0.4, -0.2) is 34.9 Å². The lowest BCUT2D eigenvalue weighted by Gasteiger charge is -1.93. The third-order valence-corrected chi connectivity index (χ3v) is 1.44. The van der Waals surface area contributed by atoms with E-state index in [0.29, 0.717) is 0 Å². The lowest BCUT2D eigenvalue weighted by molar-refractivity contribution is -0.144. The van der Waals surface area contributed by atoms with E-state index in [4.69, 9.17) is 10.2 Å². The number of carboxylic acids is 2. The number of carbonyl (C=O) groups is 2. The fraction of sp³-hybridized carbons (Fsp3) is 0.429. The van der Waals surface area contributed by atoms with E-state index in [1.165, 1.54) is 13.6 Å². The second-order valence-corrected chi connectivity index (χ2v) is 3.16. The molecule has 0 amide bonds. The Morgan fingerprint density at radius 3 is 1.93 bits per heavy atom. The number of hydrogen-bond acceptors (Lipinski definition) is 4. The summed E-state index contributed by atoms with van der Waals surface area (Å²) in [6.07, 6.45) is -0.140. The van der Waals surface area contributed by atoms with E-state index >= 15 is 0 Å². The van der Waals surface area contributed by atoms with Gasteiger partial charge in [0.1, 0.15) is 0 Å². The summed E-state index contributed by atoms with van der Waals surface area (Å²) in [5, 5.41) is 15.8. The molecule has 0 aliphatic heterocycles. The molecule has 0 bridgehead atoms. The summed E-state index contributed by atoms with van der Waals surface area (Å²) in [4.78, 5) is 19.2. The zero-order valence-corrected chi connectivity index (χ0v) is 8.73. The Balaban J connectivity index is 0. The van der Waals surface area contributed by atoms with Gasteiger partial charge < -0.3 is 10.2 Å². The van der Waals surface area contributed by atoms with Crippen molar-refractivity contribution in [3.8, 4) is 0 Å². The van der Waals surface area contributed by atoms with Crippen LogP contribution < -0.4 is 0 Å². The predicted octanol–water partition coefficient (Wildman–Crippen LogP) is 1.11. The molecule has 0 saturated heterocycles. The first-order valence-corrected chi connectivity index (χ1v) is 5.09. The summed E-state index contributed by atoms with van der Waals surface area (Å²) in [6.45, 7) is 5.61. The molecule has 0 aromatic rings. The van der Waals surface area contributed by atoms with Crippen molar-refractivity contribution in [3.05, 3.63) is 12.7 Å². The van der Waals surface area contributed by atoms with Crippen molar-refractivity contribution in [2.75, 3.05) is 6.66 Å². The highest BCUT2D eigenvalue weighted by molar-refractivity contribution is 7.38. The fourth-order valence-corrected chi connectivity index (χ4v) is 0.803. The van der Waals surface area contributed by atoms with Gasteiger partial charge in [0.15, 0.2) is 6.66 Å². The van der Waals surface area contributed by atoms with Crippen molar-refractivity contribution in [2.45, 2.75) is 13.0 Å². The molecule has 0 fully saturated rings. The van der Waals surface area contributed by atoms with Gasteiger partial charge in [0.25, 0.3) is 0 Å². The third kappa shape index (κ3) is 13.3. The van der Waals surface area contributed by atoms with E-state index in [0.717, 1.165) is 6.08 Å². The molecule has 2 unspecified atom stereocenters. The topological polar surface area (TPSA) is 101 Å². The molecule has 0 saturated carbocycles. The maximum atomic E-state index is 10.2. The second-order valence-electron chi connectivity index (χ2n) is 2.07. The van der Waals surface area contributed by atoms with Crippen LogP contribution in [0.2, 0.25) is 0 Å². The van der Waals surface area contributed by atoms with Crippen molar-refractivity contribution in [1.29, 1.82) is 0 Å². The summed E-state index contributed by atoms with van der Waals surface area (Å²) in [7, 11) is -1.80. The second kappa shape index (κ2) is 8.34. The largest absolute Gasteiger partial charge is 0.505 e. The molecule has 0 aromatic carbocycles. The van der Waals surface area contributed by atoms with Gasteiger partial charge in [0.2, 0.25) is 6.10 Å². The zero-order valence-electron chi connectivity index (χ0n) is 7.84. The van der Waals surface area contributed by atoms with Crippen LogP contribution in [0.15, 0.2) is 12.7 Å². The van der Waals surface area contributed by atoms with Crippen LogP contribution in [0.1, 0.15) is 6.92 Å². The number of aliphatic carboxylic acids is 2. The van der Waals surface area contributed by atoms with E-state index < -0.39 is 26.1 Å². The molecule has 80 valence electrons. The molecule has 2 atom stereocenters. The molecule has 6 nitrogen and oxygen atoms in total. The molecule has 7 heteroatoms. The Bertz CT molecular complexity index is 236. The van der Waals surface area contributed by atoms with Gasteiger partial charge in [-0.1, -0.05) is 6.58 Å². The molecule has 0 aliphatic rings. The van der Waals surface area contributed by atoms with Gasteiger partial charge in [-0.05, 0) is 11.5 Å². The maximum absolute atomic E-state index is 10.2. The fourth-order valence-electron chi connectivity index (χ4n) is 0.268. The predicted molar refractivity (Wildman–Crippen MR) is 49.5 cm³/mol.